The molecule has 1 N–H and O–H groups in total. The summed E-state index contributed by atoms with van der Waals surface area (Å²) in [7, 11) is 0. The molecule has 1 aliphatic rings. The first-order valence-electron chi connectivity index (χ1n) is 7.59. The normalized spacial score (nSPS) is 12.8. The molecule has 0 saturated carbocycles. The van der Waals surface area contributed by atoms with Crippen LogP contribution in [0.2, 0.25) is 4.34 Å². The van der Waals surface area contributed by atoms with Crippen molar-refractivity contribution in [3.63, 3.8) is 0 Å². The third-order valence-corrected chi connectivity index (χ3v) is 5.38. The van der Waals surface area contributed by atoms with Gasteiger partial charge in [-0.05, 0) is 24.3 Å². The fourth-order valence-electron chi connectivity index (χ4n) is 2.24. The highest BCUT2D eigenvalue weighted by Gasteiger charge is 2.15. The molecule has 0 unspecified atom stereocenters. The number of hydrogen-bond acceptors (Lipinski definition) is 8. The van der Waals surface area contributed by atoms with Gasteiger partial charge in [-0.25, -0.2) is 0 Å². The van der Waals surface area contributed by atoms with E-state index in [1.807, 2.05) is 6.07 Å². The van der Waals surface area contributed by atoms with Crippen LogP contribution in [0, 0.1) is 0 Å². The van der Waals surface area contributed by atoms with Gasteiger partial charge >= 0.3 is 0 Å². The Kier molecular flexibility index (Phi) is 5.00. The highest BCUT2D eigenvalue weighted by atomic mass is 35.5. The maximum Gasteiger partial charge on any atom is 0.277 e. The van der Waals surface area contributed by atoms with Crippen molar-refractivity contribution in [1.29, 1.82) is 0 Å². The van der Waals surface area contributed by atoms with E-state index in [9.17, 15) is 4.79 Å². The van der Waals surface area contributed by atoms with Gasteiger partial charge in [-0.15, -0.1) is 21.5 Å². The maximum absolute atomic E-state index is 12.1. The smallest absolute Gasteiger partial charge is 0.277 e. The number of hydrogen-bond donors (Lipinski definition) is 1. The van der Waals surface area contributed by atoms with Crippen LogP contribution in [-0.2, 0) is 4.79 Å². The number of benzene rings is 1. The Morgan fingerprint density at radius 1 is 1.19 bits per heavy atom. The first-order valence-corrected chi connectivity index (χ1v) is 9.77. The molecule has 1 aliphatic heterocycles. The van der Waals surface area contributed by atoms with Crippen LogP contribution in [0.4, 0.5) is 5.69 Å². The lowest BCUT2D eigenvalue weighted by Crippen LogP contribution is -2.17. The maximum atomic E-state index is 12.1. The van der Waals surface area contributed by atoms with Gasteiger partial charge in [0, 0.05) is 11.8 Å². The molecule has 1 amide bonds. The topological polar surface area (TPSA) is 86.5 Å². The number of aromatic nitrogens is 2. The van der Waals surface area contributed by atoms with Crippen molar-refractivity contribution in [1.82, 2.24) is 10.2 Å². The molecule has 3 heterocycles. The van der Waals surface area contributed by atoms with Crippen molar-refractivity contribution in [2.45, 2.75) is 5.22 Å². The van der Waals surface area contributed by atoms with Gasteiger partial charge in [0.1, 0.15) is 13.2 Å². The van der Waals surface area contributed by atoms with E-state index in [1.165, 1.54) is 11.3 Å². The van der Waals surface area contributed by atoms with Gasteiger partial charge in [-0.3, -0.25) is 4.79 Å². The van der Waals surface area contributed by atoms with Gasteiger partial charge in [0.25, 0.3) is 11.1 Å². The zero-order valence-electron chi connectivity index (χ0n) is 13.2. The summed E-state index contributed by atoms with van der Waals surface area (Å²) in [6.45, 7) is 1.02. The number of thiophene rings is 1. The average molecular weight is 410 g/mol. The zero-order chi connectivity index (χ0) is 17.9. The minimum Gasteiger partial charge on any atom is -0.486 e. The van der Waals surface area contributed by atoms with Gasteiger partial charge in [-0.1, -0.05) is 23.4 Å². The van der Waals surface area contributed by atoms with E-state index in [1.54, 1.807) is 24.3 Å². The summed E-state index contributed by atoms with van der Waals surface area (Å²) in [4.78, 5) is 12.9. The lowest BCUT2D eigenvalue weighted by Gasteiger charge is -2.18. The number of thioether (sulfide) groups is 1. The number of anilines is 1. The summed E-state index contributed by atoms with van der Waals surface area (Å²) in [5, 5.41) is 11.0. The first-order chi connectivity index (χ1) is 12.7. The van der Waals surface area contributed by atoms with Crippen LogP contribution in [0.25, 0.3) is 10.8 Å². The van der Waals surface area contributed by atoms with Gasteiger partial charge < -0.3 is 19.2 Å². The Labute approximate surface area is 161 Å². The molecule has 4 rings (SSSR count). The number of carbonyl (C=O) groups excluding carboxylic acids is 1. The Morgan fingerprint density at radius 2 is 2.04 bits per heavy atom. The van der Waals surface area contributed by atoms with Crippen molar-refractivity contribution in [2.24, 2.45) is 0 Å². The molecule has 2 aromatic heterocycles. The van der Waals surface area contributed by atoms with E-state index < -0.39 is 0 Å². The number of nitrogens with zero attached hydrogens (tertiary/aromatic N) is 2. The minimum absolute atomic E-state index is 0.140. The molecule has 7 nitrogen and oxygen atoms in total. The number of amides is 1. The van der Waals surface area contributed by atoms with Crippen LogP contribution in [0.5, 0.6) is 11.5 Å². The summed E-state index contributed by atoms with van der Waals surface area (Å²) in [6, 6.07) is 8.85. The summed E-state index contributed by atoms with van der Waals surface area (Å²) in [5.74, 6) is 1.64. The zero-order valence-corrected chi connectivity index (χ0v) is 15.6. The number of carbonyl (C=O) groups is 1. The number of rotatable bonds is 5. The summed E-state index contributed by atoms with van der Waals surface area (Å²) < 4.78 is 17.1. The van der Waals surface area contributed by atoms with Crippen LogP contribution in [0.1, 0.15) is 0 Å². The molecule has 0 bridgehead atoms. The fourth-order valence-corrected chi connectivity index (χ4v) is 3.77. The molecule has 10 heteroatoms. The van der Waals surface area contributed by atoms with Crippen LogP contribution in [-0.4, -0.2) is 35.1 Å². The molecule has 0 atom stereocenters. The number of nitrogens with one attached hydrogen (secondary N) is 1. The van der Waals surface area contributed by atoms with Crippen LogP contribution >= 0.6 is 34.7 Å². The fraction of sp³-hybridized carbons (Fsp3) is 0.188. The lowest BCUT2D eigenvalue weighted by molar-refractivity contribution is -0.113. The Bertz CT molecular complexity index is 943. The highest BCUT2D eigenvalue weighted by molar-refractivity contribution is 7.99. The molecular formula is C16H12ClN3O4S2. The van der Waals surface area contributed by atoms with Crippen molar-refractivity contribution in [3.8, 4) is 22.3 Å². The van der Waals surface area contributed by atoms with Crippen LogP contribution < -0.4 is 14.8 Å². The van der Waals surface area contributed by atoms with Crippen molar-refractivity contribution >= 4 is 46.3 Å². The van der Waals surface area contributed by atoms with Crippen molar-refractivity contribution < 1.29 is 18.7 Å². The largest absolute Gasteiger partial charge is 0.486 e. The average Bonchev–Trinajstić information content (AvgIpc) is 3.29. The van der Waals surface area contributed by atoms with E-state index in [0.29, 0.717) is 45.8 Å². The second-order valence-electron chi connectivity index (χ2n) is 5.17. The molecule has 0 fully saturated rings. The van der Waals surface area contributed by atoms with Gasteiger partial charge in [-0.2, -0.15) is 0 Å². The Hall–Kier alpha value is -2.23. The van der Waals surface area contributed by atoms with Crippen molar-refractivity contribution in [3.05, 3.63) is 34.7 Å². The molecule has 3 aromatic rings. The quantitative estimate of drug-likeness (QED) is 0.638. The minimum atomic E-state index is -0.189. The predicted molar refractivity (Wildman–Crippen MR) is 99.4 cm³/mol. The molecule has 134 valence electrons. The summed E-state index contributed by atoms with van der Waals surface area (Å²) >= 11 is 8.41. The van der Waals surface area contributed by atoms with Crippen molar-refractivity contribution in [2.75, 3.05) is 24.3 Å². The molecule has 0 spiro atoms. The summed E-state index contributed by atoms with van der Waals surface area (Å²) in [6.07, 6.45) is 0. The third kappa shape index (κ3) is 3.95. The van der Waals surface area contributed by atoms with Crippen LogP contribution in [0.15, 0.2) is 40.0 Å². The van der Waals surface area contributed by atoms with Gasteiger partial charge in [0.05, 0.1) is 15.0 Å². The molecule has 0 radical (unpaired) electrons. The molecule has 0 aliphatic carbocycles. The van der Waals surface area contributed by atoms with E-state index in [-0.39, 0.29) is 11.7 Å². The van der Waals surface area contributed by atoms with E-state index in [4.69, 9.17) is 25.5 Å². The first kappa shape index (κ1) is 17.2. The molecule has 1 aromatic carbocycles. The molecule has 26 heavy (non-hydrogen) atoms. The monoisotopic (exact) mass is 409 g/mol. The Balaban J connectivity index is 1.33. The standard InChI is InChI=1S/C16H12ClN3O4S2/c17-13-4-3-12(26-13)15-19-20-16(24-15)25-8-14(21)18-9-1-2-10-11(7-9)23-6-5-22-10/h1-4,7H,5-6,8H2,(H,18,21). The molecular weight excluding hydrogens is 398 g/mol. The van der Waals surface area contributed by atoms with Gasteiger partial charge in [0.15, 0.2) is 11.5 Å². The third-order valence-electron chi connectivity index (χ3n) is 3.34. The highest BCUT2D eigenvalue weighted by Crippen LogP contribution is 2.33. The van der Waals surface area contributed by atoms with Crippen LogP contribution in [0.3, 0.4) is 0 Å². The second-order valence-corrected chi connectivity index (χ2v) is 7.81. The SMILES string of the molecule is O=C(CSc1nnc(-c2ccc(Cl)s2)o1)Nc1ccc2c(c1)OCCO2. The van der Waals surface area contributed by atoms with E-state index in [2.05, 4.69) is 15.5 Å². The second kappa shape index (κ2) is 7.56. The number of fused-ring (bicyclic) bond motifs is 1. The van der Waals surface area contributed by atoms with E-state index in [0.717, 1.165) is 16.6 Å². The number of halogens is 1. The number of ether oxygens (including phenoxy) is 2. The van der Waals surface area contributed by atoms with E-state index >= 15 is 0 Å². The summed E-state index contributed by atoms with van der Waals surface area (Å²) in [5.41, 5.74) is 0.638. The predicted octanol–water partition coefficient (Wildman–Crippen LogP) is 3.95. The molecule has 0 saturated heterocycles. The Morgan fingerprint density at radius 3 is 2.85 bits per heavy atom. The lowest BCUT2D eigenvalue weighted by atomic mass is 10.2. The van der Waals surface area contributed by atoms with Gasteiger partial charge in [0.2, 0.25) is 5.91 Å².